The van der Waals surface area contributed by atoms with Gasteiger partial charge in [-0.25, -0.2) is 0 Å². The minimum Gasteiger partial charge on any atom is -0.391 e. The molecule has 116 valence electrons. The average molecular weight is 301 g/mol. The van der Waals surface area contributed by atoms with Gasteiger partial charge in [-0.3, -0.25) is 14.3 Å². The molecule has 22 heavy (non-hydrogen) atoms. The lowest BCUT2D eigenvalue weighted by atomic mass is 10.1. The van der Waals surface area contributed by atoms with Crippen molar-refractivity contribution in [2.45, 2.75) is 31.9 Å². The lowest BCUT2D eigenvalue weighted by Crippen LogP contribution is -2.42. The fourth-order valence-corrected chi connectivity index (χ4v) is 2.88. The molecular weight excluding hydrogens is 282 g/mol. The Morgan fingerprint density at radius 2 is 2.18 bits per heavy atom. The van der Waals surface area contributed by atoms with Crippen molar-refractivity contribution in [3.05, 3.63) is 40.7 Å². The van der Waals surface area contributed by atoms with Gasteiger partial charge in [0, 0.05) is 24.9 Å². The van der Waals surface area contributed by atoms with Gasteiger partial charge in [-0.05, 0) is 25.0 Å². The fourth-order valence-electron chi connectivity index (χ4n) is 2.88. The summed E-state index contributed by atoms with van der Waals surface area (Å²) >= 11 is 0. The molecule has 1 N–H and O–H groups in total. The predicted molar refractivity (Wildman–Crippen MR) is 82.4 cm³/mol. The van der Waals surface area contributed by atoms with Crippen LogP contribution in [0, 0.1) is 0 Å². The Balaban J connectivity index is 1.73. The summed E-state index contributed by atoms with van der Waals surface area (Å²) in [6.45, 7) is 1.54. The molecule has 6 nitrogen and oxygen atoms in total. The number of nitrogens with zero attached hydrogens (tertiary/aromatic N) is 3. The van der Waals surface area contributed by atoms with Crippen molar-refractivity contribution in [3.63, 3.8) is 0 Å². The molecule has 1 aliphatic heterocycles. The maximum Gasteiger partial charge on any atom is 0.224 e. The van der Waals surface area contributed by atoms with E-state index in [9.17, 15) is 14.7 Å². The van der Waals surface area contributed by atoms with E-state index in [2.05, 4.69) is 5.10 Å². The quantitative estimate of drug-likeness (QED) is 0.908. The van der Waals surface area contributed by atoms with Gasteiger partial charge in [0.2, 0.25) is 11.3 Å². The number of aromatic nitrogens is 2. The highest BCUT2D eigenvalue weighted by atomic mass is 16.3. The number of carbonyl (C=O) groups is 1. The lowest BCUT2D eigenvalue weighted by molar-refractivity contribution is -0.134. The van der Waals surface area contributed by atoms with Crippen LogP contribution in [0.2, 0.25) is 0 Å². The molecule has 1 aliphatic rings. The Morgan fingerprint density at radius 3 is 3.00 bits per heavy atom. The number of rotatable bonds is 3. The number of aliphatic hydroxyl groups excluding tert-OH is 1. The molecule has 0 radical (unpaired) electrons. The smallest absolute Gasteiger partial charge is 0.224 e. The van der Waals surface area contributed by atoms with E-state index >= 15 is 0 Å². The highest BCUT2D eigenvalue weighted by Crippen LogP contribution is 2.12. The average Bonchev–Trinajstić information content (AvgIpc) is 2.54. The van der Waals surface area contributed by atoms with Crippen molar-refractivity contribution in [1.82, 2.24) is 14.7 Å². The molecule has 1 unspecified atom stereocenters. The molecule has 0 bridgehead atoms. The second-order valence-electron chi connectivity index (χ2n) is 5.63. The van der Waals surface area contributed by atoms with Gasteiger partial charge in [-0.2, -0.15) is 5.10 Å². The first-order valence-electron chi connectivity index (χ1n) is 7.56. The van der Waals surface area contributed by atoms with Gasteiger partial charge in [-0.15, -0.1) is 0 Å². The molecule has 1 aromatic heterocycles. The number of aliphatic hydroxyl groups is 1. The fraction of sp³-hybridized carbons (Fsp3) is 0.438. The molecule has 1 atom stereocenters. The summed E-state index contributed by atoms with van der Waals surface area (Å²) in [6, 6.07) is 7.26. The minimum atomic E-state index is -0.413. The molecule has 1 fully saturated rings. The summed E-state index contributed by atoms with van der Waals surface area (Å²) < 4.78 is 1.69. The number of carbonyl (C=O) groups excluding carboxylic acids is 1. The zero-order valence-corrected chi connectivity index (χ0v) is 12.3. The molecule has 1 saturated heterocycles. The Morgan fingerprint density at radius 1 is 1.36 bits per heavy atom. The first-order valence-corrected chi connectivity index (χ1v) is 7.56. The minimum absolute atomic E-state index is 0.0170. The van der Waals surface area contributed by atoms with Crippen molar-refractivity contribution in [2.75, 3.05) is 13.1 Å². The SMILES string of the molecule is O=C(CCn1ncc(=O)c2ccccc21)N1CCCC(O)C1. The van der Waals surface area contributed by atoms with Gasteiger partial charge in [0.1, 0.15) is 0 Å². The number of amides is 1. The number of likely N-dealkylation sites (tertiary alicyclic amines) is 1. The second kappa shape index (κ2) is 6.27. The Bertz CT molecular complexity index is 741. The second-order valence-corrected chi connectivity index (χ2v) is 5.63. The summed E-state index contributed by atoms with van der Waals surface area (Å²) in [5.74, 6) is 0.0170. The third-order valence-electron chi connectivity index (χ3n) is 4.05. The largest absolute Gasteiger partial charge is 0.391 e. The number of fused-ring (bicyclic) bond motifs is 1. The maximum absolute atomic E-state index is 12.2. The van der Waals surface area contributed by atoms with Crippen LogP contribution >= 0.6 is 0 Å². The number of hydrogen-bond donors (Lipinski definition) is 1. The van der Waals surface area contributed by atoms with Gasteiger partial charge < -0.3 is 10.0 Å². The number of aryl methyl sites for hydroxylation is 1. The Labute approximate surface area is 128 Å². The standard InChI is InChI=1S/C16H19N3O3/c20-12-4-3-8-18(11-12)16(22)7-9-19-14-6-2-1-5-13(14)15(21)10-17-19/h1-2,5-6,10,12,20H,3-4,7-9,11H2. The van der Waals surface area contributed by atoms with Crippen LogP contribution in [0.3, 0.4) is 0 Å². The number of para-hydroxylation sites is 1. The first kappa shape index (κ1) is 14.7. The highest BCUT2D eigenvalue weighted by Gasteiger charge is 2.21. The van der Waals surface area contributed by atoms with Crippen LogP contribution in [-0.2, 0) is 11.3 Å². The van der Waals surface area contributed by atoms with E-state index in [1.54, 1.807) is 15.6 Å². The monoisotopic (exact) mass is 301 g/mol. The first-order chi connectivity index (χ1) is 10.6. The van der Waals surface area contributed by atoms with E-state index in [1.807, 2.05) is 18.2 Å². The number of hydrogen-bond acceptors (Lipinski definition) is 4. The summed E-state index contributed by atoms with van der Waals surface area (Å²) in [7, 11) is 0. The van der Waals surface area contributed by atoms with Gasteiger partial charge in [0.15, 0.2) is 0 Å². The third-order valence-corrected chi connectivity index (χ3v) is 4.05. The van der Waals surface area contributed by atoms with Crippen LogP contribution in [0.5, 0.6) is 0 Å². The van der Waals surface area contributed by atoms with Gasteiger partial charge in [-0.1, -0.05) is 12.1 Å². The summed E-state index contributed by atoms with van der Waals surface area (Å²) in [5.41, 5.74) is 0.624. The van der Waals surface area contributed by atoms with Gasteiger partial charge >= 0.3 is 0 Å². The van der Waals surface area contributed by atoms with E-state index in [0.717, 1.165) is 18.4 Å². The van der Waals surface area contributed by atoms with Crippen LogP contribution in [-0.4, -0.2) is 44.9 Å². The molecular formula is C16H19N3O3. The topological polar surface area (TPSA) is 75.4 Å². The molecule has 6 heteroatoms. The van der Waals surface area contributed by atoms with Crippen molar-refractivity contribution in [2.24, 2.45) is 0 Å². The molecule has 1 amide bonds. The van der Waals surface area contributed by atoms with Crippen LogP contribution in [0.4, 0.5) is 0 Å². The number of β-amino-alcohol motifs (C(OH)–C–C–N with tert-alkyl or cyclic N) is 1. The maximum atomic E-state index is 12.2. The third kappa shape index (κ3) is 3.01. The Hall–Kier alpha value is -2.21. The number of benzene rings is 1. The Kier molecular flexibility index (Phi) is 4.20. The van der Waals surface area contributed by atoms with Crippen molar-refractivity contribution in [3.8, 4) is 0 Å². The van der Waals surface area contributed by atoms with Gasteiger partial charge in [0.25, 0.3) is 0 Å². The van der Waals surface area contributed by atoms with E-state index in [4.69, 9.17) is 0 Å². The van der Waals surface area contributed by atoms with Crippen LogP contribution < -0.4 is 5.43 Å². The van der Waals surface area contributed by atoms with Crippen molar-refractivity contribution < 1.29 is 9.90 Å². The molecule has 3 rings (SSSR count). The van der Waals surface area contributed by atoms with Crippen LogP contribution in [0.1, 0.15) is 19.3 Å². The molecule has 0 aliphatic carbocycles. The van der Waals surface area contributed by atoms with E-state index in [0.29, 0.717) is 31.4 Å². The highest BCUT2D eigenvalue weighted by molar-refractivity contribution is 5.79. The van der Waals surface area contributed by atoms with E-state index < -0.39 is 6.10 Å². The van der Waals surface area contributed by atoms with Gasteiger partial charge in [0.05, 0.1) is 24.4 Å². The lowest BCUT2D eigenvalue weighted by Gasteiger charge is -2.30. The number of piperidine rings is 1. The van der Waals surface area contributed by atoms with Crippen LogP contribution in [0.15, 0.2) is 35.3 Å². The normalized spacial score (nSPS) is 18.6. The predicted octanol–water partition coefficient (Wildman–Crippen LogP) is 0.770. The zero-order valence-electron chi connectivity index (χ0n) is 12.3. The summed E-state index contributed by atoms with van der Waals surface area (Å²) in [4.78, 5) is 25.7. The van der Waals surface area contributed by atoms with E-state index in [1.165, 1.54) is 6.20 Å². The summed E-state index contributed by atoms with van der Waals surface area (Å²) in [6.07, 6.45) is 2.79. The molecule has 0 saturated carbocycles. The van der Waals surface area contributed by atoms with Crippen LogP contribution in [0.25, 0.3) is 10.9 Å². The summed E-state index contributed by atoms with van der Waals surface area (Å²) in [5, 5.41) is 14.4. The van der Waals surface area contributed by atoms with Crippen molar-refractivity contribution >= 4 is 16.8 Å². The molecule has 2 aromatic rings. The molecule has 1 aromatic carbocycles. The zero-order chi connectivity index (χ0) is 15.5. The molecule has 2 heterocycles. The van der Waals surface area contributed by atoms with E-state index in [-0.39, 0.29) is 11.3 Å². The molecule has 0 spiro atoms. The van der Waals surface area contributed by atoms with Crippen molar-refractivity contribution in [1.29, 1.82) is 0 Å².